The van der Waals surface area contributed by atoms with Gasteiger partial charge in [-0.1, -0.05) is 31.2 Å². The molecule has 0 spiro atoms. The fourth-order valence-corrected chi connectivity index (χ4v) is 4.50. The summed E-state index contributed by atoms with van der Waals surface area (Å²) in [6.45, 7) is 5.07. The number of aromatic nitrogens is 4. The minimum absolute atomic E-state index is 0.00977. The minimum Gasteiger partial charge on any atom is -0.461 e. The van der Waals surface area contributed by atoms with Crippen molar-refractivity contribution in [1.82, 2.24) is 25.1 Å². The molecule has 5 rings (SSSR count). The smallest absolute Gasteiger partial charge is 0.338 e. The van der Waals surface area contributed by atoms with Crippen LogP contribution in [0.15, 0.2) is 79.1 Å². The van der Waals surface area contributed by atoms with Crippen LogP contribution in [-0.4, -0.2) is 51.3 Å². The third kappa shape index (κ3) is 6.62. The zero-order valence-electron chi connectivity index (χ0n) is 22.7. The van der Waals surface area contributed by atoms with Crippen LogP contribution >= 0.6 is 0 Å². The lowest BCUT2D eigenvalue weighted by atomic mass is 10.0. The number of anilines is 1. The molecule has 1 amide bonds. The first kappa shape index (κ1) is 27.6. The summed E-state index contributed by atoms with van der Waals surface area (Å²) < 4.78 is 21.0. The maximum absolute atomic E-state index is 14.3. The molecule has 5 aromatic rings. The molecule has 3 aromatic heterocycles. The zero-order valence-corrected chi connectivity index (χ0v) is 22.7. The van der Waals surface area contributed by atoms with Crippen molar-refractivity contribution in [2.75, 3.05) is 25.0 Å². The van der Waals surface area contributed by atoms with E-state index in [1.807, 2.05) is 62.4 Å². The first-order valence-electron chi connectivity index (χ1n) is 13.2. The maximum atomic E-state index is 14.3. The second-order valence-electron chi connectivity index (χ2n) is 9.40. The Morgan fingerprint density at radius 2 is 1.88 bits per heavy atom. The lowest BCUT2D eigenvalue weighted by Crippen LogP contribution is -2.21. The van der Waals surface area contributed by atoms with E-state index >= 15 is 0 Å². The summed E-state index contributed by atoms with van der Waals surface area (Å²) in [5, 5.41) is 11.4. The van der Waals surface area contributed by atoms with Crippen LogP contribution in [0.1, 0.15) is 23.0 Å². The van der Waals surface area contributed by atoms with Gasteiger partial charge in [0.1, 0.15) is 24.7 Å². The summed E-state index contributed by atoms with van der Waals surface area (Å²) in [4.78, 5) is 34.5. The summed E-state index contributed by atoms with van der Waals surface area (Å²) in [6, 6.07) is 19.0. The highest BCUT2D eigenvalue weighted by Crippen LogP contribution is 2.34. The second kappa shape index (κ2) is 12.5. The average molecular weight is 553 g/mol. The van der Waals surface area contributed by atoms with Crippen LogP contribution in [0.3, 0.4) is 0 Å². The number of ether oxygens (including phenoxy) is 1. The minimum atomic E-state index is -0.672. The van der Waals surface area contributed by atoms with E-state index in [9.17, 15) is 14.0 Å². The number of hydrogen-bond acceptors (Lipinski definition) is 7. The number of carbonyl (C=O) groups is 2. The number of nitrogens with zero attached hydrogens (tertiary/aromatic N) is 4. The van der Waals surface area contributed by atoms with Gasteiger partial charge in [0.2, 0.25) is 5.91 Å². The van der Waals surface area contributed by atoms with Crippen molar-refractivity contribution in [3.05, 3.63) is 96.2 Å². The van der Waals surface area contributed by atoms with Crippen LogP contribution in [0, 0.1) is 12.7 Å². The molecule has 0 aliphatic heterocycles. The molecule has 0 aliphatic rings. The molecule has 0 fully saturated rings. The maximum Gasteiger partial charge on any atom is 0.338 e. The number of halogens is 1. The Balaban J connectivity index is 1.41. The van der Waals surface area contributed by atoms with Crippen LogP contribution in [0.4, 0.5) is 10.1 Å². The van der Waals surface area contributed by atoms with Crippen molar-refractivity contribution in [2.45, 2.75) is 20.4 Å². The number of aryl methyl sites for hydroxylation is 1. The van der Waals surface area contributed by atoms with Gasteiger partial charge in [-0.2, -0.15) is 5.10 Å². The van der Waals surface area contributed by atoms with Gasteiger partial charge in [-0.15, -0.1) is 0 Å². The van der Waals surface area contributed by atoms with E-state index in [4.69, 9.17) is 9.84 Å². The SMILES string of the molecule is CCNCCOC(=O)c1cc(F)cc(NC(=O)Cn2cc(-c3ccnc4ccccc34)c(-c3cccc(C)n3)n2)c1. The molecule has 0 saturated heterocycles. The van der Waals surface area contributed by atoms with Gasteiger partial charge in [0.05, 0.1) is 16.8 Å². The fraction of sp³-hybridized carbons (Fsp3) is 0.194. The largest absolute Gasteiger partial charge is 0.461 e. The third-order valence-corrected chi connectivity index (χ3v) is 6.32. The van der Waals surface area contributed by atoms with Gasteiger partial charge >= 0.3 is 5.97 Å². The normalized spacial score (nSPS) is 11.0. The van der Waals surface area contributed by atoms with Crippen molar-refractivity contribution >= 4 is 28.5 Å². The number of pyridine rings is 2. The van der Waals surface area contributed by atoms with Gasteiger partial charge < -0.3 is 15.4 Å². The van der Waals surface area contributed by atoms with Crippen LogP contribution < -0.4 is 10.6 Å². The highest BCUT2D eigenvalue weighted by Gasteiger charge is 2.19. The number of rotatable bonds is 10. The van der Waals surface area contributed by atoms with Gasteiger partial charge in [-0.3, -0.25) is 19.4 Å². The first-order chi connectivity index (χ1) is 19.9. The molecule has 3 heterocycles. The number of fused-ring (bicyclic) bond motifs is 1. The molecule has 0 aliphatic carbocycles. The molecule has 0 unspecified atom stereocenters. The van der Waals surface area contributed by atoms with Gasteiger partial charge in [-0.05, 0) is 61.5 Å². The van der Waals surface area contributed by atoms with Gasteiger partial charge in [-0.25, -0.2) is 9.18 Å². The Kier molecular flexibility index (Phi) is 8.40. The number of hydrogen-bond donors (Lipinski definition) is 2. The number of nitrogens with one attached hydrogen (secondary N) is 2. The van der Waals surface area contributed by atoms with Crippen molar-refractivity contribution in [3.63, 3.8) is 0 Å². The Morgan fingerprint density at radius 1 is 1.02 bits per heavy atom. The molecule has 10 heteroatoms. The number of esters is 1. The molecule has 0 atom stereocenters. The molecule has 9 nitrogen and oxygen atoms in total. The van der Waals surface area contributed by atoms with Crippen LogP contribution in [-0.2, 0) is 16.1 Å². The predicted molar refractivity (Wildman–Crippen MR) is 155 cm³/mol. The van der Waals surface area contributed by atoms with E-state index in [0.29, 0.717) is 17.9 Å². The number of para-hydroxylation sites is 1. The summed E-state index contributed by atoms with van der Waals surface area (Å²) in [7, 11) is 0. The fourth-order valence-electron chi connectivity index (χ4n) is 4.50. The second-order valence-corrected chi connectivity index (χ2v) is 9.40. The Morgan fingerprint density at radius 3 is 2.71 bits per heavy atom. The van der Waals surface area contributed by atoms with Crippen molar-refractivity contribution in [3.8, 4) is 22.5 Å². The van der Waals surface area contributed by atoms with E-state index in [1.54, 1.807) is 12.4 Å². The number of benzene rings is 2. The van der Waals surface area contributed by atoms with E-state index in [0.717, 1.165) is 46.4 Å². The van der Waals surface area contributed by atoms with Crippen molar-refractivity contribution < 1.29 is 18.7 Å². The van der Waals surface area contributed by atoms with E-state index in [1.165, 1.54) is 10.7 Å². The Hall–Kier alpha value is -4.96. The molecular weight excluding hydrogens is 523 g/mol. The molecule has 0 saturated carbocycles. The van der Waals surface area contributed by atoms with Crippen LogP contribution in [0.2, 0.25) is 0 Å². The summed E-state index contributed by atoms with van der Waals surface area (Å²) in [5.41, 5.74) is 4.81. The lowest BCUT2D eigenvalue weighted by molar-refractivity contribution is -0.116. The summed E-state index contributed by atoms with van der Waals surface area (Å²) in [5.74, 6) is -1.78. The molecule has 41 heavy (non-hydrogen) atoms. The molecule has 0 radical (unpaired) electrons. The lowest BCUT2D eigenvalue weighted by Gasteiger charge is -2.09. The van der Waals surface area contributed by atoms with Gasteiger partial charge in [0.25, 0.3) is 0 Å². The van der Waals surface area contributed by atoms with Crippen molar-refractivity contribution in [2.24, 2.45) is 0 Å². The number of amides is 1. The van der Waals surface area contributed by atoms with Crippen molar-refractivity contribution in [1.29, 1.82) is 0 Å². The van der Waals surface area contributed by atoms with E-state index in [-0.39, 0.29) is 24.4 Å². The molecule has 208 valence electrons. The number of likely N-dealkylation sites (N-methyl/N-ethyl adjacent to an activating group) is 1. The van der Waals surface area contributed by atoms with E-state index < -0.39 is 17.7 Å². The first-order valence-corrected chi connectivity index (χ1v) is 13.2. The highest BCUT2D eigenvalue weighted by atomic mass is 19.1. The van der Waals surface area contributed by atoms with Crippen LogP contribution in [0.5, 0.6) is 0 Å². The van der Waals surface area contributed by atoms with Gasteiger partial charge in [0, 0.05) is 41.3 Å². The average Bonchev–Trinajstić information content (AvgIpc) is 3.38. The molecule has 2 aromatic carbocycles. The molecule has 2 N–H and O–H groups in total. The Labute approximate surface area is 236 Å². The summed E-state index contributed by atoms with van der Waals surface area (Å²) >= 11 is 0. The summed E-state index contributed by atoms with van der Waals surface area (Å²) in [6.07, 6.45) is 3.53. The topological polar surface area (TPSA) is 111 Å². The van der Waals surface area contributed by atoms with E-state index in [2.05, 4.69) is 20.6 Å². The van der Waals surface area contributed by atoms with Crippen LogP contribution in [0.25, 0.3) is 33.4 Å². The Bertz CT molecular complexity index is 1710. The molecular formula is C31H29FN6O3. The third-order valence-electron chi connectivity index (χ3n) is 6.32. The number of carbonyl (C=O) groups excluding carboxylic acids is 2. The zero-order chi connectivity index (χ0) is 28.8. The monoisotopic (exact) mass is 552 g/mol. The molecule has 0 bridgehead atoms. The highest BCUT2D eigenvalue weighted by molar-refractivity contribution is 5.98. The van der Waals surface area contributed by atoms with Gasteiger partial charge in [0.15, 0.2) is 0 Å². The standard InChI is InChI=1S/C31H29FN6O3/c1-3-33-13-14-41-31(40)21-15-22(32)17-23(16-21)36-29(39)19-38-18-26(30(37-38)28-10-6-7-20(2)35-28)24-11-12-34-27-9-5-4-8-25(24)27/h4-12,15-18,33H,3,13-14,19H2,1-2H3,(H,36,39). The predicted octanol–water partition coefficient (Wildman–Crippen LogP) is 5.01. The quantitative estimate of drug-likeness (QED) is 0.185.